The van der Waals surface area contributed by atoms with E-state index >= 15 is 0 Å². The molecule has 1 heterocycles. The third-order valence-corrected chi connectivity index (χ3v) is 2.99. The maximum absolute atomic E-state index is 5.58. The third-order valence-electron chi connectivity index (χ3n) is 2.99. The number of nitrogens with two attached hydrogens (primary N) is 1. The molecular weight excluding hydrogens is 200 g/mol. The van der Waals surface area contributed by atoms with E-state index in [4.69, 9.17) is 5.84 Å². The van der Waals surface area contributed by atoms with Crippen molar-refractivity contribution in [3.8, 4) is 0 Å². The topological polar surface area (TPSA) is 63.8 Å². The van der Waals surface area contributed by atoms with Crippen molar-refractivity contribution in [3.05, 3.63) is 35.9 Å². The lowest BCUT2D eigenvalue weighted by Crippen LogP contribution is -2.29. The average molecular weight is 218 g/mol. The first kappa shape index (κ1) is 11.2. The van der Waals surface area contributed by atoms with Gasteiger partial charge in [-0.15, -0.1) is 0 Å². The second-order valence-electron chi connectivity index (χ2n) is 4.16. The zero-order chi connectivity index (χ0) is 11.2. The number of allylic oxidation sites excluding steroid dienone is 1. The minimum atomic E-state index is 0.0815. The van der Waals surface area contributed by atoms with Gasteiger partial charge in [0.05, 0.1) is 17.9 Å². The molecule has 0 spiro atoms. The van der Waals surface area contributed by atoms with Crippen molar-refractivity contribution < 1.29 is 0 Å². The van der Waals surface area contributed by atoms with Crippen molar-refractivity contribution in [1.29, 1.82) is 0 Å². The summed E-state index contributed by atoms with van der Waals surface area (Å²) in [6.45, 7) is 0. The van der Waals surface area contributed by atoms with E-state index in [-0.39, 0.29) is 6.04 Å². The van der Waals surface area contributed by atoms with Crippen LogP contribution >= 0.6 is 0 Å². The van der Waals surface area contributed by atoms with Crippen molar-refractivity contribution in [3.63, 3.8) is 0 Å². The first-order chi connectivity index (χ1) is 7.90. The highest BCUT2D eigenvalue weighted by atomic mass is 15.2. The Morgan fingerprint density at radius 1 is 1.38 bits per heavy atom. The SMILES string of the molecule is NNC(CC1=CCCCC1)c1cnccn1. The summed E-state index contributed by atoms with van der Waals surface area (Å²) in [5, 5.41) is 0. The number of hydrogen-bond donors (Lipinski definition) is 2. The Balaban J connectivity index is 2.03. The van der Waals surface area contributed by atoms with Crippen LogP contribution in [0.1, 0.15) is 43.8 Å². The molecular formula is C12H18N4. The first-order valence-electron chi connectivity index (χ1n) is 5.80. The van der Waals surface area contributed by atoms with Crippen LogP contribution in [0.5, 0.6) is 0 Å². The highest BCUT2D eigenvalue weighted by Gasteiger charge is 2.14. The standard InChI is InChI=1S/C12H18N4/c13-16-11(12-9-14-6-7-15-12)8-10-4-2-1-3-5-10/h4,6-7,9,11,16H,1-3,5,8,13H2. The largest absolute Gasteiger partial charge is 0.271 e. The van der Waals surface area contributed by atoms with Crippen LogP contribution in [-0.2, 0) is 0 Å². The lowest BCUT2D eigenvalue weighted by Gasteiger charge is -2.19. The molecule has 0 aromatic carbocycles. The van der Waals surface area contributed by atoms with Crippen LogP contribution in [0.3, 0.4) is 0 Å². The Morgan fingerprint density at radius 2 is 2.31 bits per heavy atom. The fraction of sp³-hybridized carbons (Fsp3) is 0.500. The summed E-state index contributed by atoms with van der Waals surface area (Å²) in [6.07, 6.45) is 13.4. The van der Waals surface area contributed by atoms with Gasteiger partial charge in [0, 0.05) is 12.4 Å². The van der Waals surface area contributed by atoms with E-state index in [0.29, 0.717) is 0 Å². The average Bonchev–Trinajstić information content (AvgIpc) is 2.38. The number of hydrazine groups is 1. The normalized spacial score (nSPS) is 17.9. The lowest BCUT2D eigenvalue weighted by atomic mass is 9.93. The zero-order valence-electron chi connectivity index (χ0n) is 9.39. The first-order valence-corrected chi connectivity index (χ1v) is 5.80. The van der Waals surface area contributed by atoms with E-state index in [1.807, 2.05) is 0 Å². The summed E-state index contributed by atoms with van der Waals surface area (Å²) in [5.41, 5.74) is 5.22. The summed E-state index contributed by atoms with van der Waals surface area (Å²) in [5.74, 6) is 5.58. The Kier molecular flexibility index (Phi) is 4.02. The molecule has 0 saturated heterocycles. The van der Waals surface area contributed by atoms with Crippen LogP contribution in [0.15, 0.2) is 30.2 Å². The molecule has 1 aromatic heterocycles. The van der Waals surface area contributed by atoms with E-state index in [1.54, 1.807) is 18.6 Å². The fourth-order valence-electron chi connectivity index (χ4n) is 2.09. The smallest absolute Gasteiger partial charge is 0.0772 e. The summed E-state index contributed by atoms with van der Waals surface area (Å²) >= 11 is 0. The van der Waals surface area contributed by atoms with Gasteiger partial charge in [0.15, 0.2) is 0 Å². The number of aromatic nitrogens is 2. The number of hydrogen-bond acceptors (Lipinski definition) is 4. The highest BCUT2D eigenvalue weighted by Crippen LogP contribution is 2.25. The summed E-state index contributed by atoms with van der Waals surface area (Å²) < 4.78 is 0. The van der Waals surface area contributed by atoms with E-state index in [9.17, 15) is 0 Å². The van der Waals surface area contributed by atoms with Crippen LogP contribution in [0.2, 0.25) is 0 Å². The molecule has 1 atom stereocenters. The van der Waals surface area contributed by atoms with E-state index in [0.717, 1.165) is 12.1 Å². The molecule has 3 N–H and O–H groups in total. The quantitative estimate of drug-likeness (QED) is 0.460. The van der Waals surface area contributed by atoms with E-state index in [2.05, 4.69) is 21.5 Å². The molecule has 0 aliphatic heterocycles. The molecule has 1 unspecified atom stereocenters. The molecule has 4 nitrogen and oxygen atoms in total. The van der Waals surface area contributed by atoms with Gasteiger partial charge in [-0.3, -0.25) is 21.2 Å². The van der Waals surface area contributed by atoms with Gasteiger partial charge in [0.25, 0.3) is 0 Å². The molecule has 0 fully saturated rings. The predicted molar refractivity (Wildman–Crippen MR) is 63.3 cm³/mol. The molecule has 0 radical (unpaired) electrons. The fourth-order valence-corrected chi connectivity index (χ4v) is 2.09. The molecule has 1 aromatic rings. The van der Waals surface area contributed by atoms with Crippen molar-refractivity contribution in [2.75, 3.05) is 0 Å². The Labute approximate surface area is 96.0 Å². The summed E-state index contributed by atoms with van der Waals surface area (Å²) in [7, 11) is 0. The van der Waals surface area contributed by atoms with Gasteiger partial charge >= 0.3 is 0 Å². The van der Waals surface area contributed by atoms with Crippen LogP contribution in [-0.4, -0.2) is 9.97 Å². The monoisotopic (exact) mass is 218 g/mol. The van der Waals surface area contributed by atoms with Crippen LogP contribution in [0, 0.1) is 0 Å². The minimum Gasteiger partial charge on any atom is -0.271 e. The van der Waals surface area contributed by atoms with Gasteiger partial charge in [0.1, 0.15) is 0 Å². The van der Waals surface area contributed by atoms with Crippen molar-refractivity contribution in [2.45, 2.75) is 38.1 Å². The molecule has 0 bridgehead atoms. The Morgan fingerprint density at radius 3 is 2.94 bits per heavy atom. The Bertz CT molecular complexity index is 347. The summed E-state index contributed by atoms with van der Waals surface area (Å²) in [4.78, 5) is 8.35. The Hall–Kier alpha value is -1.26. The van der Waals surface area contributed by atoms with Gasteiger partial charge < -0.3 is 0 Å². The molecule has 4 heteroatoms. The van der Waals surface area contributed by atoms with Gasteiger partial charge in [-0.1, -0.05) is 11.6 Å². The number of rotatable bonds is 4. The molecule has 2 rings (SSSR count). The van der Waals surface area contributed by atoms with Crippen LogP contribution < -0.4 is 11.3 Å². The molecule has 16 heavy (non-hydrogen) atoms. The third kappa shape index (κ3) is 2.87. The van der Waals surface area contributed by atoms with Crippen molar-refractivity contribution in [2.24, 2.45) is 5.84 Å². The molecule has 86 valence electrons. The predicted octanol–water partition coefficient (Wildman–Crippen LogP) is 1.87. The molecule has 0 amide bonds. The van der Waals surface area contributed by atoms with Crippen LogP contribution in [0.25, 0.3) is 0 Å². The second kappa shape index (κ2) is 5.72. The second-order valence-corrected chi connectivity index (χ2v) is 4.16. The van der Waals surface area contributed by atoms with Gasteiger partial charge in [0.2, 0.25) is 0 Å². The van der Waals surface area contributed by atoms with Crippen LogP contribution in [0.4, 0.5) is 0 Å². The zero-order valence-corrected chi connectivity index (χ0v) is 9.39. The molecule has 1 aliphatic rings. The van der Waals surface area contributed by atoms with Crippen molar-refractivity contribution >= 4 is 0 Å². The number of nitrogens with zero attached hydrogens (tertiary/aromatic N) is 2. The maximum atomic E-state index is 5.58. The van der Waals surface area contributed by atoms with Gasteiger partial charge in [-0.25, -0.2) is 0 Å². The molecule has 1 aliphatic carbocycles. The van der Waals surface area contributed by atoms with E-state index < -0.39 is 0 Å². The minimum absolute atomic E-state index is 0.0815. The lowest BCUT2D eigenvalue weighted by molar-refractivity contribution is 0.516. The maximum Gasteiger partial charge on any atom is 0.0772 e. The molecule has 0 saturated carbocycles. The highest BCUT2D eigenvalue weighted by molar-refractivity contribution is 5.12. The van der Waals surface area contributed by atoms with Crippen molar-refractivity contribution in [1.82, 2.24) is 15.4 Å². The number of nitrogens with one attached hydrogen (secondary N) is 1. The van der Waals surface area contributed by atoms with Gasteiger partial charge in [-0.2, -0.15) is 0 Å². The van der Waals surface area contributed by atoms with Gasteiger partial charge in [-0.05, 0) is 32.1 Å². The summed E-state index contributed by atoms with van der Waals surface area (Å²) in [6, 6.07) is 0.0815. The van der Waals surface area contributed by atoms with E-state index in [1.165, 1.54) is 31.3 Å².